The zero-order chi connectivity index (χ0) is 21.3. The van der Waals surface area contributed by atoms with E-state index in [2.05, 4.69) is 5.18 Å². The molecule has 1 amide bonds. The minimum absolute atomic E-state index is 0.0212. The van der Waals surface area contributed by atoms with Crippen LogP contribution >= 0.6 is 0 Å². The average molecular weight is 404 g/mol. The van der Waals surface area contributed by atoms with Crippen LogP contribution in [0.25, 0.3) is 11.3 Å². The van der Waals surface area contributed by atoms with Crippen LogP contribution in [0.15, 0.2) is 64.7 Å². The number of carbonyl (C=O) groups is 1. The molecule has 0 spiro atoms. The molecule has 0 radical (unpaired) electrons. The number of fused-ring (bicyclic) bond motifs is 3. The molecule has 1 unspecified atom stereocenters. The van der Waals surface area contributed by atoms with E-state index in [4.69, 9.17) is 9.47 Å². The summed E-state index contributed by atoms with van der Waals surface area (Å²) in [4.78, 5) is 34.8. The number of nitrogens with zero attached hydrogens (tertiary/aromatic N) is 2. The fraction of sp³-hybridized carbons (Fsp3) is 0.217. The molecular weight excluding hydrogens is 384 g/mol. The monoisotopic (exact) mass is 404 g/mol. The van der Waals surface area contributed by atoms with Gasteiger partial charge in [-0.05, 0) is 36.6 Å². The van der Waals surface area contributed by atoms with Gasteiger partial charge in [-0.15, -0.1) is 4.91 Å². The second kappa shape index (κ2) is 7.94. The maximum Gasteiger partial charge on any atom is 0.322 e. The molecule has 0 saturated carbocycles. The summed E-state index contributed by atoms with van der Waals surface area (Å²) in [5.41, 5.74) is 2.76. The highest BCUT2D eigenvalue weighted by atomic mass is 16.5. The van der Waals surface area contributed by atoms with Gasteiger partial charge in [0.25, 0.3) is 0 Å². The van der Waals surface area contributed by atoms with E-state index in [9.17, 15) is 14.5 Å². The van der Waals surface area contributed by atoms with Crippen molar-refractivity contribution in [3.05, 3.63) is 86.5 Å². The van der Waals surface area contributed by atoms with Gasteiger partial charge in [-0.3, -0.25) is 9.59 Å². The van der Waals surface area contributed by atoms with E-state index >= 15 is 0 Å². The Labute approximate surface area is 172 Å². The summed E-state index contributed by atoms with van der Waals surface area (Å²) in [6.07, 6.45) is 2.09. The second-order valence-corrected chi connectivity index (χ2v) is 7.23. The van der Waals surface area contributed by atoms with E-state index in [1.165, 1.54) is 12.3 Å². The van der Waals surface area contributed by atoms with Crippen molar-refractivity contribution in [2.24, 2.45) is 5.18 Å². The Bertz CT molecular complexity index is 1180. The van der Waals surface area contributed by atoms with Crippen LogP contribution in [-0.2, 0) is 13.0 Å². The van der Waals surface area contributed by atoms with Gasteiger partial charge in [-0.25, -0.2) is 0 Å². The number of hydrogen-bond acceptors (Lipinski definition) is 5. The van der Waals surface area contributed by atoms with Crippen molar-refractivity contribution in [3.63, 3.8) is 0 Å². The fourth-order valence-electron chi connectivity index (χ4n) is 3.77. The van der Waals surface area contributed by atoms with Crippen LogP contribution in [0.1, 0.15) is 34.5 Å². The topological polar surface area (TPSA) is 87.0 Å². The first kappa shape index (κ1) is 19.6. The Morgan fingerprint density at radius 1 is 1.17 bits per heavy atom. The van der Waals surface area contributed by atoms with E-state index in [0.29, 0.717) is 30.2 Å². The van der Waals surface area contributed by atoms with Gasteiger partial charge >= 0.3 is 5.91 Å². The molecule has 0 fully saturated rings. The van der Waals surface area contributed by atoms with Gasteiger partial charge in [0, 0.05) is 29.0 Å². The normalized spacial score (nSPS) is 14.4. The molecule has 1 aliphatic rings. The summed E-state index contributed by atoms with van der Waals surface area (Å²) in [5, 5.41) is 2.39. The van der Waals surface area contributed by atoms with Gasteiger partial charge in [0.05, 0.1) is 12.8 Å². The van der Waals surface area contributed by atoms with E-state index < -0.39 is 11.3 Å². The number of carbonyl (C=O) groups excluding carboxylic acids is 1. The molecular formula is C23H20N2O5. The third kappa shape index (κ3) is 3.50. The average Bonchev–Trinajstić information content (AvgIpc) is 2.77. The second-order valence-electron chi connectivity index (χ2n) is 7.23. The lowest BCUT2D eigenvalue weighted by molar-refractivity contribution is 0.0999. The van der Waals surface area contributed by atoms with Crippen LogP contribution in [-0.4, -0.2) is 17.6 Å². The molecule has 0 aliphatic carbocycles. The van der Waals surface area contributed by atoms with Crippen LogP contribution < -0.4 is 14.9 Å². The predicted octanol–water partition coefficient (Wildman–Crippen LogP) is 4.13. The number of rotatable bonds is 5. The van der Waals surface area contributed by atoms with Gasteiger partial charge in [0.15, 0.2) is 16.9 Å². The van der Waals surface area contributed by atoms with Crippen LogP contribution in [0.4, 0.5) is 0 Å². The Morgan fingerprint density at radius 3 is 2.63 bits per heavy atom. The zero-order valence-corrected chi connectivity index (χ0v) is 16.6. The van der Waals surface area contributed by atoms with Crippen molar-refractivity contribution in [2.75, 3.05) is 7.11 Å². The lowest BCUT2D eigenvalue weighted by atomic mass is 9.92. The molecule has 30 heavy (non-hydrogen) atoms. The minimum atomic E-state index is -1.06. The third-order valence-electron chi connectivity index (χ3n) is 5.29. The van der Waals surface area contributed by atoms with Gasteiger partial charge < -0.3 is 14.0 Å². The number of benzene rings is 2. The largest absolute Gasteiger partial charge is 0.493 e. The van der Waals surface area contributed by atoms with Crippen molar-refractivity contribution < 1.29 is 14.3 Å². The highest BCUT2D eigenvalue weighted by Crippen LogP contribution is 2.41. The zero-order valence-electron chi connectivity index (χ0n) is 16.6. The van der Waals surface area contributed by atoms with Crippen molar-refractivity contribution in [1.29, 1.82) is 0 Å². The highest BCUT2D eigenvalue weighted by Gasteiger charge is 2.26. The molecule has 0 bridgehead atoms. The Kier molecular flexibility index (Phi) is 5.18. The first-order valence-electron chi connectivity index (χ1n) is 9.53. The molecule has 7 heteroatoms. The first-order valence-corrected chi connectivity index (χ1v) is 9.53. The van der Waals surface area contributed by atoms with E-state index in [-0.39, 0.29) is 11.6 Å². The summed E-state index contributed by atoms with van der Waals surface area (Å²) in [5.74, 6) is 0.114. The number of methoxy groups -OCH3 is 1. The van der Waals surface area contributed by atoms with Crippen molar-refractivity contribution in [1.82, 2.24) is 4.57 Å². The Morgan fingerprint density at radius 2 is 1.93 bits per heavy atom. The standard InChI is InChI=1S/C23H20N2O5/c1-14-8-16-9-21(29-2)22(30-13-15-6-4-3-5-7-15)10-17(16)19-11-20(26)18(12-25(14)19)23(27)24-28/h3-7,9-12,14H,8,13H2,1-2H3. The number of amides is 1. The molecule has 2 aromatic carbocycles. The fourth-order valence-corrected chi connectivity index (χ4v) is 3.77. The van der Waals surface area contributed by atoms with E-state index in [0.717, 1.165) is 16.7 Å². The van der Waals surface area contributed by atoms with Crippen LogP contribution in [0.2, 0.25) is 0 Å². The number of hydrogen-bond donors (Lipinski definition) is 0. The summed E-state index contributed by atoms with van der Waals surface area (Å²) < 4.78 is 13.4. The molecule has 0 saturated heterocycles. The van der Waals surface area contributed by atoms with Gasteiger partial charge in [0.1, 0.15) is 12.2 Å². The van der Waals surface area contributed by atoms with E-state index in [1.807, 2.05) is 54.0 Å². The molecule has 7 nitrogen and oxygen atoms in total. The summed E-state index contributed by atoms with van der Waals surface area (Å²) in [7, 11) is 1.59. The molecule has 1 aliphatic heterocycles. The van der Waals surface area contributed by atoms with Crippen molar-refractivity contribution in [3.8, 4) is 22.8 Å². The SMILES string of the molecule is COc1cc2c(cc1OCc1ccccc1)-c1cc(=O)c(C(=O)N=O)cn1C(C)C2. The maximum absolute atomic E-state index is 12.4. The number of pyridine rings is 1. The molecule has 4 rings (SSSR count). The van der Waals surface area contributed by atoms with Crippen LogP contribution in [0.3, 0.4) is 0 Å². The smallest absolute Gasteiger partial charge is 0.322 e. The summed E-state index contributed by atoms with van der Waals surface area (Å²) in [6.45, 7) is 2.35. The molecule has 0 N–H and O–H groups in total. The van der Waals surface area contributed by atoms with Crippen LogP contribution in [0.5, 0.6) is 11.5 Å². The van der Waals surface area contributed by atoms with Gasteiger partial charge in [0.2, 0.25) is 0 Å². The minimum Gasteiger partial charge on any atom is -0.493 e. The Hall–Kier alpha value is -3.74. The lowest BCUT2D eigenvalue weighted by Crippen LogP contribution is -2.23. The Balaban J connectivity index is 1.79. The number of aromatic nitrogens is 1. The molecule has 3 aromatic rings. The van der Waals surface area contributed by atoms with Crippen LogP contribution in [0, 0.1) is 4.91 Å². The van der Waals surface area contributed by atoms with Crippen molar-refractivity contribution in [2.45, 2.75) is 26.0 Å². The highest BCUT2D eigenvalue weighted by molar-refractivity contribution is 5.94. The first-order chi connectivity index (χ1) is 14.5. The predicted molar refractivity (Wildman–Crippen MR) is 112 cm³/mol. The summed E-state index contributed by atoms with van der Waals surface area (Å²) in [6, 6.07) is 14.9. The van der Waals surface area contributed by atoms with Gasteiger partial charge in [-0.1, -0.05) is 30.3 Å². The molecule has 2 heterocycles. The molecule has 1 aromatic heterocycles. The third-order valence-corrected chi connectivity index (χ3v) is 5.29. The summed E-state index contributed by atoms with van der Waals surface area (Å²) >= 11 is 0. The molecule has 1 atom stereocenters. The van der Waals surface area contributed by atoms with Gasteiger partial charge in [-0.2, -0.15) is 0 Å². The quantitative estimate of drug-likeness (QED) is 0.597. The van der Waals surface area contributed by atoms with Crippen molar-refractivity contribution >= 4 is 5.91 Å². The maximum atomic E-state index is 12.4. The lowest BCUT2D eigenvalue weighted by Gasteiger charge is -2.29. The number of ether oxygens (including phenoxy) is 2. The van der Waals surface area contributed by atoms with E-state index in [1.54, 1.807) is 7.11 Å². The number of nitroso groups, excluding NO2 is 1. The molecule has 152 valence electrons.